The lowest BCUT2D eigenvalue weighted by Gasteiger charge is -2.20. The lowest BCUT2D eigenvalue weighted by molar-refractivity contribution is -0.386. The highest BCUT2D eigenvalue weighted by molar-refractivity contribution is 7.99. The Morgan fingerprint density at radius 3 is 2.94 bits per heavy atom. The fourth-order valence-electron chi connectivity index (χ4n) is 3.05. The van der Waals surface area contributed by atoms with Crippen LogP contribution in [0.4, 0.5) is 11.4 Å². The monoisotopic (exact) mass is 439 g/mol. The molecule has 1 aliphatic rings. The zero-order valence-electron chi connectivity index (χ0n) is 16.3. The Hall–Kier alpha value is -3.86. The summed E-state index contributed by atoms with van der Waals surface area (Å²) in [4.78, 5) is 15.2. The van der Waals surface area contributed by atoms with Gasteiger partial charge < -0.3 is 19.9 Å². The number of benzene rings is 2. The summed E-state index contributed by atoms with van der Waals surface area (Å²) in [7, 11) is 1.31. The number of nitrogens with zero attached hydrogens (tertiary/aromatic N) is 4. The molecule has 1 aromatic heterocycles. The number of thioether (sulfide) groups is 1. The van der Waals surface area contributed by atoms with Crippen LogP contribution in [0.5, 0.6) is 17.4 Å². The molecule has 0 fully saturated rings. The van der Waals surface area contributed by atoms with Crippen LogP contribution in [-0.2, 0) is 0 Å². The molecule has 2 heterocycles. The lowest BCUT2D eigenvalue weighted by atomic mass is 10.1. The second-order valence-electron chi connectivity index (χ2n) is 6.38. The van der Waals surface area contributed by atoms with Crippen LogP contribution in [0.25, 0.3) is 11.3 Å². The molecule has 10 nitrogen and oxygen atoms in total. The number of nitrogens with one attached hydrogen (secondary N) is 1. The number of hydrogen-bond acceptors (Lipinski definition) is 10. The van der Waals surface area contributed by atoms with Crippen LogP contribution >= 0.6 is 11.8 Å². The highest BCUT2D eigenvalue weighted by atomic mass is 32.2. The third kappa shape index (κ3) is 3.94. The van der Waals surface area contributed by atoms with Crippen molar-refractivity contribution in [3.05, 3.63) is 64.7 Å². The Labute approximate surface area is 181 Å². The van der Waals surface area contributed by atoms with E-state index in [9.17, 15) is 15.2 Å². The predicted octanol–water partition coefficient (Wildman–Crippen LogP) is 3.94. The first-order valence-corrected chi connectivity index (χ1v) is 10.1. The number of rotatable bonds is 6. The summed E-state index contributed by atoms with van der Waals surface area (Å²) >= 11 is 1.35. The number of ether oxygens (including phenoxy) is 2. The minimum absolute atomic E-state index is 0.0459. The molecular formula is C20H17N5O5S. The molecule has 0 amide bonds. The van der Waals surface area contributed by atoms with Gasteiger partial charge in [-0.05, 0) is 12.1 Å². The van der Waals surface area contributed by atoms with Crippen LogP contribution in [0.3, 0.4) is 0 Å². The number of anilines is 1. The molecule has 1 atom stereocenters. The van der Waals surface area contributed by atoms with Crippen molar-refractivity contribution in [2.24, 2.45) is 0 Å². The first-order valence-electron chi connectivity index (χ1n) is 9.08. The van der Waals surface area contributed by atoms with E-state index in [2.05, 4.69) is 27.1 Å². The Morgan fingerprint density at radius 2 is 2.19 bits per heavy atom. The van der Waals surface area contributed by atoms with Gasteiger partial charge in [-0.15, -0.1) is 16.8 Å². The predicted molar refractivity (Wildman–Crippen MR) is 114 cm³/mol. The van der Waals surface area contributed by atoms with Gasteiger partial charge in [0.1, 0.15) is 0 Å². The summed E-state index contributed by atoms with van der Waals surface area (Å²) in [5.41, 5.74) is 1.71. The Balaban J connectivity index is 1.84. The largest absolute Gasteiger partial charge is 0.500 e. The van der Waals surface area contributed by atoms with Crippen molar-refractivity contribution in [1.29, 1.82) is 0 Å². The summed E-state index contributed by atoms with van der Waals surface area (Å²) in [5.74, 6) is 0.215. The third-order valence-corrected chi connectivity index (χ3v) is 5.29. The SMILES string of the molecule is C=CCSc1nnc2c(n1)O[C@H](c1cc(OC)c(O)c([N+](=O)[O-])c1)Nc1ccccc1-2. The van der Waals surface area contributed by atoms with E-state index in [0.717, 1.165) is 5.56 Å². The molecule has 0 radical (unpaired) electrons. The number of phenolic OH excluding ortho intramolecular Hbond substituents is 1. The van der Waals surface area contributed by atoms with Gasteiger partial charge in [-0.25, -0.2) is 0 Å². The average molecular weight is 439 g/mol. The van der Waals surface area contributed by atoms with Crippen LogP contribution in [0.1, 0.15) is 11.8 Å². The van der Waals surface area contributed by atoms with Gasteiger partial charge >= 0.3 is 5.69 Å². The molecule has 11 heteroatoms. The number of hydrogen-bond donors (Lipinski definition) is 2. The van der Waals surface area contributed by atoms with Gasteiger partial charge in [0.25, 0.3) is 0 Å². The van der Waals surface area contributed by atoms with Crippen molar-refractivity contribution >= 4 is 23.1 Å². The van der Waals surface area contributed by atoms with E-state index < -0.39 is 22.6 Å². The van der Waals surface area contributed by atoms with Crippen molar-refractivity contribution in [1.82, 2.24) is 15.2 Å². The molecule has 1 aliphatic heterocycles. The van der Waals surface area contributed by atoms with Gasteiger partial charge in [-0.1, -0.05) is 36.0 Å². The average Bonchev–Trinajstić information content (AvgIpc) is 2.94. The quantitative estimate of drug-likeness (QED) is 0.252. The van der Waals surface area contributed by atoms with E-state index in [1.807, 2.05) is 24.3 Å². The third-order valence-electron chi connectivity index (χ3n) is 4.46. The maximum Gasteiger partial charge on any atom is 0.315 e. The molecule has 3 aromatic rings. The number of methoxy groups -OCH3 is 1. The zero-order valence-corrected chi connectivity index (χ0v) is 17.1. The van der Waals surface area contributed by atoms with Crippen LogP contribution in [-0.4, -0.2) is 38.1 Å². The van der Waals surface area contributed by atoms with Crippen LogP contribution in [0, 0.1) is 10.1 Å². The standard InChI is InChI=1S/C20H17N5O5S/c1-3-8-31-20-22-19-16(23-24-20)12-6-4-5-7-13(12)21-18(30-19)11-9-14(25(27)28)17(26)15(10-11)29-2/h3-7,9-10,18,21,26H,1,8H2,2H3/t18-/m1/s1. The molecule has 0 saturated carbocycles. The first kappa shape index (κ1) is 20.4. The van der Waals surface area contributed by atoms with E-state index in [0.29, 0.717) is 27.9 Å². The van der Waals surface area contributed by atoms with Gasteiger partial charge in [-0.2, -0.15) is 4.98 Å². The van der Waals surface area contributed by atoms with E-state index in [-0.39, 0.29) is 11.6 Å². The molecule has 0 bridgehead atoms. The van der Waals surface area contributed by atoms with Crippen molar-refractivity contribution in [2.75, 3.05) is 18.2 Å². The molecule has 0 aliphatic carbocycles. The van der Waals surface area contributed by atoms with E-state index in [4.69, 9.17) is 9.47 Å². The second kappa shape index (κ2) is 8.48. The summed E-state index contributed by atoms with van der Waals surface area (Å²) < 4.78 is 11.2. The Morgan fingerprint density at radius 1 is 1.39 bits per heavy atom. The number of phenols is 1. The summed E-state index contributed by atoms with van der Waals surface area (Å²) in [6.07, 6.45) is 0.853. The molecule has 2 aromatic carbocycles. The van der Waals surface area contributed by atoms with Gasteiger partial charge in [-0.3, -0.25) is 10.1 Å². The molecule has 0 saturated heterocycles. The first-order chi connectivity index (χ1) is 15.0. The normalized spacial score (nSPS) is 14.3. The number of aromatic hydroxyl groups is 1. The van der Waals surface area contributed by atoms with E-state index in [1.165, 1.54) is 31.0 Å². The molecule has 4 rings (SSSR count). The topological polar surface area (TPSA) is 133 Å². The molecular weight excluding hydrogens is 422 g/mol. The maximum atomic E-state index is 11.4. The highest BCUT2D eigenvalue weighted by Gasteiger charge is 2.29. The molecule has 2 N–H and O–H groups in total. The lowest BCUT2D eigenvalue weighted by Crippen LogP contribution is -2.17. The molecule has 0 spiro atoms. The van der Waals surface area contributed by atoms with Crippen molar-refractivity contribution in [3.8, 4) is 28.6 Å². The van der Waals surface area contributed by atoms with Crippen LogP contribution < -0.4 is 14.8 Å². The number of nitro benzene ring substituents is 1. The highest BCUT2D eigenvalue weighted by Crippen LogP contribution is 2.43. The Kier molecular flexibility index (Phi) is 5.58. The smallest absolute Gasteiger partial charge is 0.315 e. The maximum absolute atomic E-state index is 11.4. The second-order valence-corrected chi connectivity index (χ2v) is 7.37. The fraction of sp³-hybridized carbons (Fsp3) is 0.150. The van der Waals surface area contributed by atoms with E-state index in [1.54, 1.807) is 6.08 Å². The minimum atomic E-state index is -0.871. The van der Waals surface area contributed by atoms with Crippen molar-refractivity contribution in [3.63, 3.8) is 0 Å². The van der Waals surface area contributed by atoms with E-state index >= 15 is 0 Å². The van der Waals surface area contributed by atoms with Crippen molar-refractivity contribution < 1.29 is 19.5 Å². The van der Waals surface area contributed by atoms with Gasteiger partial charge in [0.05, 0.1) is 12.0 Å². The van der Waals surface area contributed by atoms with Gasteiger partial charge in [0.15, 0.2) is 17.7 Å². The fourth-order valence-corrected chi connectivity index (χ4v) is 3.57. The zero-order chi connectivity index (χ0) is 22.0. The minimum Gasteiger partial charge on any atom is -0.500 e. The number of para-hydroxylation sites is 1. The number of fused-ring (bicyclic) bond motifs is 3. The Bertz CT molecular complexity index is 1170. The summed E-state index contributed by atoms with van der Waals surface area (Å²) in [5, 5.41) is 33.6. The van der Waals surface area contributed by atoms with Crippen LogP contribution in [0.15, 0.2) is 54.2 Å². The van der Waals surface area contributed by atoms with Gasteiger partial charge in [0, 0.05) is 28.6 Å². The van der Waals surface area contributed by atoms with Crippen LogP contribution in [0.2, 0.25) is 0 Å². The molecule has 0 unspecified atom stereocenters. The number of aromatic nitrogens is 3. The molecule has 158 valence electrons. The molecule has 31 heavy (non-hydrogen) atoms. The summed E-state index contributed by atoms with van der Waals surface area (Å²) in [6.45, 7) is 3.68. The van der Waals surface area contributed by atoms with Crippen molar-refractivity contribution in [2.45, 2.75) is 11.4 Å². The number of nitro groups is 1. The summed E-state index contributed by atoms with van der Waals surface area (Å²) in [6, 6.07) is 10.1. The van der Waals surface area contributed by atoms with Gasteiger partial charge in [0.2, 0.25) is 16.8 Å².